The van der Waals surface area contributed by atoms with Gasteiger partial charge in [-0.2, -0.15) is 0 Å². The van der Waals surface area contributed by atoms with Gasteiger partial charge in [-0.3, -0.25) is 4.79 Å². The van der Waals surface area contributed by atoms with Crippen LogP contribution in [0.25, 0.3) is 0 Å². The molecule has 1 unspecified atom stereocenters. The number of carbonyl (C=O) groups is 2. The average Bonchev–Trinajstić information content (AvgIpc) is 2.43. The van der Waals surface area contributed by atoms with E-state index in [1.807, 2.05) is 0 Å². The van der Waals surface area contributed by atoms with Gasteiger partial charge in [-0.25, -0.2) is 4.79 Å². The minimum absolute atomic E-state index is 0.113. The normalized spacial score (nSPS) is 11.7. The van der Waals surface area contributed by atoms with Crippen molar-refractivity contribution in [3.8, 4) is 5.75 Å². The van der Waals surface area contributed by atoms with Crippen molar-refractivity contribution < 1.29 is 29.3 Å². The number of carbonyl (C=O) groups excluding carboxylic acids is 1. The molecule has 0 heterocycles. The zero-order chi connectivity index (χ0) is 14.4. The Labute approximate surface area is 110 Å². The molecular formula is C13H16O6. The molecule has 0 saturated carbocycles. The van der Waals surface area contributed by atoms with E-state index in [4.69, 9.17) is 9.84 Å². The maximum Gasteiger partial charge on any atom is 0.337 e. The van der Waals surface area contributed by atoms with Gasteiger partial charge in [0.2, 0.25) is 0 Å². The number of methoxy groups -OCH3 is 2. The van der Waals surface area contributed by atoms with Crippen molar-refractivity contribution in [3.05, 3.63) is 29.3 Å². The molecule has 0 aliphatic rings. The third kappa shape index (κ3) is 3.96. The third-order valence-corrected chi connectivity index (χ3v) is 2.71. The van der Waals surface area contributed by atoms with E-state index in [-0.39, 0.29) is 18.4 Å². The first-order chi connectivity index (χ1) is 8.99. The molecule has 1 aromatic rings. The van der Waals surface area contributed by atoms with E-state index in [0.717, 1.165) is 0 Å². The van der Waals surface area contributed by atoms with Crippen molar-refractivity contribution in [2.24, 2.45) is 0 Å². The molecule has 1 rings (SSSR count). The van der Waals surface area contributed by atoms with E-state index in [2.05, 4.69) is 4.74 Å². The van der Waals surface area contributed by atoms with Crippen LogP contribution in [-0.4, -0.2) is 36.4 Å². The molecule has 0 fully saturated rings. The quantitative estimate of drug-likeness (QED) is 0.745. The lowest BCUT2D eigenvalue weighted by Crippen LogP contribution is -2.14. The Morgan fingerprint density at radius 3 is 2.53 bits per heavy atom. The van der Waals surface area contributed by atoms with Crippen LogP contribution in [0.3, 0.4) is 0 Å². The molecule has 0 radical (unpaired) electrons. The molecule has 0 bridgehead atoms. The summed E-state index contributed by atoms with van der Waals surface area (Å²) in [7, 11) is 2.73. The van der Waals surface area contributed by atoms with E-state index in [1.165, 1.54) is 20.3 Å². The van der Waals surface area contributed by atoms with Crippen LogP contribution in [0.15, 0.2) is 18.2 Å². The van der Waals surface area contributed by atoms with Crippen molar-refractivity contribution in [1.82, 2.24) is 0 Å². The molecule has 0 spiro atoms. The molecule has 6 heteroatoms. The second-order valence-electron chi connectivity index (χ2n) is 3.88. The highest BCUT2D eigenvalue weighted by atomic mass is 16.5. The molecule has 104 valence electrons. The molecular weight excluding hydrogens is 252 g/mol. The van der Waals surface area contributed by atoms with Crippen molar-refractivity contribution in [2.45, 2.75) is 18.9 Å². The predicted octanol–water partition coefficient (Wildman–Crippen LogP) is 0.919. The summed E-state index contributed by atoms with van der Waals surface area (Å²) in [6.45, 7) is 0. The van der Waals surface area contributed by atoms with Crippen LogP contribution in [0, 0.1) is 0 Å². The molecule has 0 aromatic heterocycles. The fourth-order valence-electron chi connectivity index (χ4n) is 1.65. The van der Waals surface area contributed by atoms with Crippen LogP contribution in [0.2, 0.25) is 0 Å². The molecule has 2 N–H and O–H groups in total. The number of carboxylic acids is 1. The summed E-state index contributed by atoms with van der Waals surface area (Å²) < 4.78 is 9.51. The zero-order valence-corrected chi connectivity index (χ0v) is 10.8. The van der Waals surface area contributed by atoms with Crippen molar-refractivity contribution in [2.75, 3.05) is 14.2 Å². The summed E-state index contributed by atoms with van der Waals surface area (Å²) in [5, 5.41) is 18.5. The lowest BCUT2D eigenvalue weighted by molar-refractivity contribution is -0.147. The molecule has 1 aromatic carbocycles. The van der Waals surface area contributed by atoms with Gasteiger partial charge >= 0.3 is 11.9 Å². The van der Waals surface area contributed by atoms with Crippen LogP contribution >= 0.6 is 0 Å². The number of hydrogen-bond donors (Lipinski definition) is 2. The van der Waals surface area contributed by atoms with Crippen LogP contribution in [0.5, 0.6) is 5.75 Å². The topological polar surface area (TPSA) is 93.1 Å². The average molecular weight is 268 g/mol. The monoisotopic (exact) mass is 268 g/mol. The smallest absolute Gasteiger partial charge is 0.337 e. The number of aryl methyl sites for hydroxylation is 1. The highest BCUT2D eigenvalue weighted by Crippen LogP contribution is 2.25. The Bertz CT molecular complexity index is 468. The Morgan fingerprint density at radius 1 is 1.32 bits per heavy atom. The van der Waals surface area contributed by atoms with E-state index in [9.17, 15) is 14.7 Å². The maximum absolute atomic E-state index is 11.1. The first-order valence-electron chi connectivity index (χ1n) is 5.64. The van der Waals surface area contributed by atoms with Gasteiger partial charge in [-0.1, -0.05) is 6.07 Å². The molecule has 0 aliphatic carbocycles. The number of carboxylic acid groups (broad SMARTS) is 1. The Balaban J connectivity index is 3.01. The van der Waals surface area contributed by atoms with E-state index < -0.39 is 18.0 Å². The lowest BCUT2D eigenvalue weighted by Gasteiger charge is -2.13. The van der Waals surface area contributed by atoms with Gasteiger partial charge < -0.3 is 19.7 Å². The number of rotatable bonds is 6. The second kappa shape index (κ2) is 6.75. The highest BCUT2D eigenvalue weighted by molar-refractivity contribution is 5.75. The van der Waals surface area contributed by atoms with Gasteiger partial charge in [0.05, 0.1) is 14.2 Å². The van der Waals surface area contributed by atoms with Crippen LogP contribution in [-0.2, 0) is 20.7 Å². The summed E-state index contributed by atoms with van der Waals surface area (Å²) in [4.78, 5) is 22.0. The van der Waals surface area contributed by atoms with Gasteiger partial charge in [-0.15, -0.1) is 0 Å². The summed E-state index contributed by atoms with van der Waals surface area (Å²) in [6.07, 6.45) is -1.25. The predicted molar refractivity (Wildman–Crippen MR) is 65.9 cm³/mol. The number of benzene rings is 1. The van der Waals surface area contributed by atoms with E-state index in [1.54, 1.807) is 12.1 Å². The van der Waals surface area contributed by atoms with Gasteiger partial charge in [0.15, 0.2) is 6.10 Å². The number of aliphatic hydroxyl groups is 1. The van der Waals surface area contributed by atoms with Crippen LogP contribution in [0.1, 0.15) is 23.7 Å². The molecule has 0 saturated heterocycles. The molecule has 0 amide bonds. The van der Waals surface area contributed by atoms with Gasteiger partial charge in [0.1, 0.15) is 5.75 Å². The number of ether oxygens (including phenoxy) is 2. The fourth-order valence-corrected chi connectivity index (χ4v) is 1.65. The second-order valence-corrected chi connectivity index (χ2v) is 3.88. The number of esters is 1. The van der Waals surface area contributed by atoms with E-state index in [0.29, 0.717) is 11.3 Å². The minimum atomic E-state index is -1.65. The molecule has 0 aliphatic heterocycles. The number of aliphatic hydroxyl groups excluding tert-OH is 1. The largest absolute Gasteiger partial charge is 0.497 e. The summed E-state index contributed by atoms with van der Waals surface area (Å²) in [6, 6.07) is 4.72. The van der Waals surface area contributed by atoms with Crippen LogP contribution in [0.4, 0.5) is 0 Å². The Morgan fingerprint density at radius 2 is 2.00 bits per heavy atom. The van der Waals surface area contributed by atoms with Gasteiger partial charge in [-0.05, 0) is 29.7 Å². The van der Waals surface area contributed by atoms with Crippen molar-refractivity contribution in [1.29, 1.82) is 0 Å². The Kier molecular flexibility index (Phi) is 5.32. The SMILES string of the molecule is COC(=O)CCc1ccc(OC)cc1C(O)C(=O)O. The Hall–Kier alpha value is -2.08. The molecule has 6 nitrogen and oxygen atoms in total. The fraction of sp³-hybridized carbons (Fsp3) is 0.385. The summed E-state index contributed by atoms with van der Waals surface area (Å²) in [5.41, 5.74) is 0.789. The minimum Gasteiger partial charge on any atom is -0.497 e. The number of hydrogen-bond acceptors (Lipinski definition) is 5. The maximum atomic E-state index is 11.1. The first-order valence-corrected chi connectivity index (χ1v) is 5.64. The van der Waals surface area contributed by atoms with Crippen molar-refractivity contribution in [3.63, 3.8) is 0 Å². The van der Waals surface area contributed by atoms with E-state index >= 15 is 0 Å². The lowest BCUT2D eigenvalue weighted by atomic mass is 9.98. The van der Waals surface area contributed by atoms with Crippen LogP contribution < -0.4 is 4.74 Å². The molecule has 1 atom stereocenters. The summed E-state index contributed by atoms with van der Waals surface area (Å²) in [5.74, 6) is -1.31. The molecule has 19 heavy (non-hydrogen) atoms. The van der Waals surface area contributed by atoms with Gasteiger partial charge in [0.25, 0.3) is 0 Å². The highest BCUT2D eigenvalue weighted by Gasteiger charge is 2.20. The summed E-state index contributed by atoms with van der Waals surface area (Å²) >= 11 is 0. The van der Waals surface area contributed by atoms with Gasteiger partial charge in [0, 0.05) is 6.42 Å². The zero-order valence-electron chi connectivity index (χ0n) is 10.8. The number of aliphatic carboxylic acids is 1. The first kappa shape index (κ1) is 15.0. The standard InChI is InChI=1S/C13H16O6/c1-18-9-5-3-8(4-6-11(14)19-2)10(7-9)12(15)13(16)17/h3,5,7,12,15H,4,6H2,1-2H3,(H,16,17). The third-order valence-electron chi connectivity index (χ3n) is 2.71. The van der Waals surface area contributed by atoms with Crippen molar-refractivity contribution >= 4 is 11.9 Å².